The number of aryl methyl sites for hydroxylation is 1. The zero-order valence-corrected chi connectivity index (χ0v) is 11.9. The molecule has 0 aromatic heterocycles. The van der Waals surface area contributed by atoms with E-state index in [2.05, 4.69) is 5.32 Å². The Morgan fingerprint density at radius 3 is 2.71 bits per heavy atom. The lowest BCUT2D eigenvalue weighted by Gasteiger charge is -2.43. The van der Waals surface area contributed by atoms with Gasteiger partial charge < -0.3 is 10.4 Å². The van der Waals surface area contributed by atoms with Gasteiger partial charge >= 0.3 is 5.97 Å². The minimum atomic E-state index is -1.11. The van der Waals surface area contributed by atoms with Gasteiger partial charge in [0.1, 0.15) is 11.4 Å². The molecule has 5 heteroatoms. The lowest BCUT2D eigenvalue weighted by Crippen LogP contribution is -2.62. The first-order valence-corrected chi connectivity index (χ1v) is 7.25. The Kier molecular flexibility index (Phi) is 3.23. The maximum Gasteiger partial charge on any atom is 0.329 e. The monoisotopic (exact) mass is 291 g/mol. The molecule has 1 amide bonds. The Labute approximate surface area is 122 Å². The van der Waals surface area contributed by atoms with Crippen molar-refractivity contribution in [1.82, 2.24) is 5.32 Å². The fourth-order valence-electron chi connectivity index (χ4n) is 3.64. The fourth-order valence-corrected chi connectivity index (χ4v) is 3.64. The van der Waals surface area contributed by atoms with Gasteiger partial charge in [0.15, 0.2) is 0 Å². The van der Waals surface area contributed by atoms with E-state index >= 15 is 0 Å². The van der Waals surface area contributed by atoms with Gasteiger partial charge in [-0.15, -0.1) is 0 Å². The summed E-state index contributed by atoms with van der Waals surface area (Å²) in [4.78, 5) is 23.9. The van der Waals surface area contributed by atoms with E-state index in [1.165, 1.54) is 12.1 Å². The molecule has 2 aliphatic rings. The van der Waals surface area contributed by atoms with Crippen molar-refractivity contribution in [1.29, 1.82) is 0 Å². The summed E-state index contributed by atoms with van der Waals surface area (Å²) in [7, 11) is 0. The van der Waals surface area contributed by atoms with Crippen molar-refractivity contribution in [2.24, 2.45) is 5.92 Å². The van der Waals surface area contributed by atoms with Gasteiger partial charge in [-0.25, -0.2) is 9.18 Å². The molecule has 1 aromatic carbocycles. The third-order valence-corrected chi connectivity index (χ3v) is 4.66. The number of hydrogen-bond acceptors (Lipinski definition) is 2. The Morgan fingerprint density at radius 1 is 1.38 bits per heavy atom. The van der Waals surface area contributed by atoms with E-state index in [0.29, 0.717) is 31.6 Å². The number of nitrogens with one attached hydrogen (secondary N) is 1. The third kappa shape index (κ3) is 2.30. The van der Waals surface area contributed by atoms with Crippen LogP contribution >= 0.6 is 0 Å². The number of halogens is 1. The SMILES string of the molecule is CC1CC(NC(=O)C2CCc3cc(F)ccc32)(C(=O)O)C1. The van der Waals surface area contributed by atoms with Crippen LogP contribution in [0.5, 0.6) is 0 Å². The standard InChI is InChI=1S/C16H18FNO3/c1-9-7-16(8-9,15(20)21)18-14(19)13-4-2-10-6-11(17)3-5-12(10)13/h3,5-6,9,13H,2,4,7-8H2,1H3,(H,18,19)(H,20,21). The van der Waals surface area contributed by atoms with E-state index in [9.17, 15) is 19.1 Å². The lowest BCUT2D eigenvalue weighted by atomic mass is 9.69. The van der Waals surface area contributed by atoms with Crippen LogP contribution in [-0.2, 0) is 16.0 Å². The van der Waals surface area contributed by atoms with Gasteiger partial charge in [0.05, 0.1) is 5.92 Å². The predicted octanol–water partition coefficient (Wildman–Crippen LogP) is 2.22. The number of carboxylic acid groups (broad SMARTS) is 1. The van der Waals surface area contributed by atoms with Crippen molar-refractivity contribution < 1.29 is 19.1 Å². The quantitative estimate of drug-likeness (QED) is 0.897. The maximum absolute atomic E-state index is 13.2. The van der Waals surface area contributed by atoms with Crippen LogP contribution in [0.2, 0.25) is 0 Å². The average molecular weight is 291 g/mol. The van der Waals surface area contributed by atoms with Crippen LogP contribution in [0.15, 0.2) is 18.2 Å². The molecule has 21 heavy (non-hydrogen) atoms. The first kappa shape index (κ1) is 14.0. The molecule has 0 saturated heterocycles. The summed E-state index contributed by atoms with van der Waals surface area (Å²) < 4.78 is 13.2. The normalized spacial score (nSPS) is 30.4. The fraction of sp³-hybridized carbons (Fsp3) is 0.500. The van der Waals surface area contributed by atoms with Crippen molar-refractivity contribution in [2.45, 2.75) is 44.1 Å². The summed E-state index contributed by atoms with van der Waals surface area (Å²) in [6.45, 7) is 1.97. The summed E-state index contributed by atoms with van der Waals surface area (Å²) >= 11 is 0. The van der Waals surface area contributed by atoms with Gasteiger partial charge in [0, 0.05) is 0 Å². The largest absolute Gasteiger partial charge is 0.480 e. The molecule has 2 aliphatic carbocycles. The molecular formula is C16H18FNO3. The van der Waals surface area contributed by atoms with Crippen LogP contribution in [0.3, 0.4) is 0 Å². The molecule has 1 saturated carbocycles. The van der Waals surface area contributed by atoms with Crippen LogP contribution in [-0.4, -0.2) is 22.5 Å². The molecule has 3 rings (SSSR count). The molecular weight excluding hydrogens is 273 g/mol. The molecule has 0 radical (unpaired) electrons. The van der Waals surface area contributed by atoms with Crippen LogP contribution < -0.4 is 5.32 Å². The molecule has 1 unspecified atom stereocenters. The second-order valence-electron chi connectivity index (χ2n) is 6.32. The predicted molar refractivity (Wildman–Crippen MR) is 74.4 cm³/mol. The van der Waals surface area contributed by atoms with Crippen molar-refractivity contribution in [3.63, 3.8) is 0 Å². The van der Waals surface area contributed by atoms with Gasteiger partial charge in [-0.3, -0.25) is 4.79 Å². The minimum absolute atomic E-state index is 0.255. The molecule has 4 nitrogen and oxygen atoms in total. The molecule has 0 aliphatic heterocycles. The van der Waals surface area contributed by atoms with Crippen molar-refractivity contribution in [3.8, 4) is 0 Å². The van der Waals surface area contributed by atoms with Gasteiger partial charge in [0.25, 0.3) is 0 Å². The number of rotatable bonds is 3. The smallest absolute Gasteiger partial charge is 0.329 e. The average Bonchev–Trinajstić information content (AvgIpc) is 2.78. The highest BCUT2D eigenvalue weighted by molar-refractivity contribution is 5.91. The van der Waals surface area contributed by atoms with Crippen LogP contribution in [0, 0.1) is 11.7 Å². The Bertz CT molecular complexity index is 608. The maximum atomic E-state index is 13.2. The molecule has 1 atom stereocenters. The number of carbonyl (C=O) groups excluding carboxylic acids is 1. The second-order valence-corrected chi connectivity index (χ2v) is 6.32. The Morgan fingerprint density at radius 2 is 2.10 bits per heavy atom. The summed E-state index contributed by atoms with van der Waals surface area (Å²) in [6, 6.07) is 4.45. The summed E-state index contributed by atoms with van der Waals surface area (Å²) in [5, 5.41) is 12.1. The number of amides is 1. The molecule has 0 spiro atoms. The van der Waals surface area contributed by atoms with Crippen molar-refractivity contribution in [2.75, 3.05) is 0 Å². The van der Waals surface area contributed by atoms with Gasteiger partial charge in [0.2, 0.25) is 5.91 Å². The van der Waals surface area contributed by atoms with E-state index in [1.807, 2.05) is 6.92 Å². The second kappa shape index (κ2) is 4.83. The van der Waals surface area contributed by atoms with Gasteiger partial charge in [-0.1, -0.05) is 13.0 Å². The van der Waals surface area contributed by atoms with E-state index in [4.69, 9.17) is 0 Å². The molecule has 112 valence electrons. The Balaban J connectivity index is 1.77. The number of hydrogen-bond donors (Lipinski definition) is 2. The summed E-state index contributed by atoms with van der Waals surface area (Å²) in [6.07, 6.45) is 2.20. The zero-order chi connectivity index (χ0) is 15.2. The number of carboxylic acids is 1. The first-order chi connectivity index (χ1) is 9.91. The lowest BCUT2D eigenvalue weighted by molar-refractivity contribution is -0.154. The zero-order valence-electron chi connectivity index (χ0n) is 11.9. The molecule has 0 bridgehead atoms. The summed E-state index contributed by atoms with van der Waals surface area (Å²) in [5.74, 6) is -1.58. The van der Waals surface area contributed by atoms with Crippen LogP contribution in [0.1, 0.15) is 43.2 Å². The summed E-state index contributed by atoms with van der Waals surface area (Å²) in [5.41, 5.74) is 0.558. The van der Waals surface area contributed by atoms with Gasteiger partial charge in [-0.2, -0.15) is 0 Å². The number of carbonyl (C=O) groups is 2. The van der Waals surface area contributed by atoms with Crippen molar-refractivity contribution >= 4 is 11.9 Å². The highest BCUT2D eigenvalue weighted by Gasteiger charge is 2.50. The van der Waals surface area contributed by atoms with E-state index in [1.54, 1.807) is 6.07 Å². The highest BCUT2D eigenvalue weighted by Crippen LogP contribution is 2.40. The van der Waals surface area contributed by atoms with E-state index < -0.39 is 11.5 Å². The minimum Gasteiger partial charge on any atom is -0.480 e. The van der Waals surface area contributed by atoms with Crippen LogP contribution in [0.4, 0.5) is 4.39 Å². The number of benzene rings is 1. The number of aliphatic carboxylic acids is 1. The molecule has 1 fully saturated rings. The van der Waals surface area contributed by atoms with E-state index in [0.717, 1.165) is 11.1 Å². The van der Waals surface area contributed by atoms with E-state index in [-0.39, 0.29) is 17.6 Å². The third-order valence-electron chi connectivity index (χ3n) is 4.66. The Hall–Kier alpha value is -1.91. The highest BCUT2D eigenvalue weighted by atomic mass is 19.1. The van der Waals surface area contributed by atoms with Gasteiger partial charge in [-0.05, 0) is 54.9 Å². The van der Waals surface area contributed by atoms with Crippen molar-refractivity contribution in [3.05, 3.63) is 35.1 Å². The topological polar surface area (TPSA) is 66.4 Å². The molecule has 1 aromatic rings. The molecule has 0 heterocycles. The first-order valence-electron chi connectivity index (χ1n) is 7.25. The molecule has 2 N–H and O–H groups in total. The van der Waals surface area contributed by atoms with Crippen LogP contribution in [0.25, 0.3) is 0 Å². The number of fused-ring (bicyclic) bond motifs is 1.